The number of aliphatic hydroxyl groups is 1. The zero-order valence-electron chi connectivity index (χ0n) is 10.2. The van der Waals surface area contributed by atoms with Crippen molar-refractivity contribution in [2.75, 3.05) is 26.7 Å². The molecule has 0 aliphatic carbocycles. The average molecular weight is 306 g/mol. The molecule has 1 N–H and O–H groups in total. The number of rotatable bonds is 6. The lowest BCUT2D eigenvalue weighted by Gasteiger charge is -2.28. The Bertz CT molecular complexity index is 325. The number of aliphatic hydroxyl groups excluding tert-OH is 1. The fraction of sp³-hybridized carbons (Fsp3) is 0.667. The molecule has 92 valence electrons. The summed E-state index contributed by atoms with van der Waals surface area (Å²) in [5.41, 5.74) is -0.00914. The average Bonchev–Trinajstić information content (AvgIpc) is 2.61. The molecule has 0 radical (unpaired) electrons. The van der Waals surface area contributed by atoms with Crippen molar-refractivity contribution in [2.45, 2.75) is 20.3 Å². The lowest BCUT2D eigenvalue weighted by atomic mass is 9.94. The highest BCUT2D eigenvalue weighted by Gasteiger charge is 2.18. The van der Waals surface area contributed by atoms with Gasteiger partial charge in [-0.15, -0.1) is 11.3 Å². The van der Waals surface area contributed by atoms with Crippen molar-refractivity contribution in [3.8, 4) is 0 Å². The van der Waals surface area contributed by atoms with Gasteiger partial charge in [0.05, 0.1) is 3.79 Å². The number of thiophene rings is 1. The van der Waals surface area contributed by atoms with Crippen LogP contribution in [0, 0.1) is 5.41 Å². The molecule has 0 aromatic carbocycles. The Kier molecular flexibility index (Phi) is 5.44. The maximum absolute atomic E-state index is 9.20. The van der Waals surface area contributed by atoms with Crippen molar-refractivity contribution in [1.29, 1.82) is 0 Å². The van der Waals surface area contributed by atoms with Gasteiger partial charge in [-0.25, -0.2) is 0 Å². The first-order valence-corrected chi connectivity index (χ1v) is 7.07. The Hall–Kier alpha value is 0.1000. The van der Waals surface area contributed by atoms with Crippen molar-refractivity contribution >= 4 is 27.3 Å². The first-order chi connectivity index (χ1) is 7.43. The highest BCUT2D eigenvalue weighted by Crippen LogP contribution is 2.22. The summed E-state index contributed by atoms with van der Waals surface area (Å²) in [6, 6.07) is 4.26. The number of hydrogen-bond acceptors (Lipinski definition) is 3. The molecule has 0 bridgehead atoms. The van der Waals surface area contributed by atoms with Gasteiger partial charge in [0.1, 0.15) is 0 Å². The number of likely N-dealkylation sites (N-methyl/N-ethyl adjacent to an activating group) is 1. The van der Waals surface area contributed by atoms with E-state index in [1.807, 2.05) is 0 Å². The second-order valence-corrected chi connectivity index (χ2v) is 7.56. The molecule has 0 aliphatic rings. The molecular weight excluding hydrogens is 286 g/mol. The van der Waals surface area contributed by atoms with Gasteiger partial charge in [-0.2, -0.15) is 0 Å². The van der Waals surface area contributed by atoms with Crippen molar-refractivity contribution < 1.29 is 5.11 Å². The molecule has 0 aliphatic heterocycles. The highest BCUT2D eigenvalue weighted by molar-refractivity contribution is 9.11. The van der Waals surface area contributed by atoms with E-state index in [0.29, 0.717) is 0 Å². The van der Waals surface area contributed by atoms with Crippen molar-refractivity contribution in [3.05, 3.63) is 20.8 Å². The van der Waals surface area contributed by atoms with Crippen LogP contribution in [0.5, 0.6) is 0 Å². The summed E-state index contributed by atoms with van der Waals surface area (Å²) >= 11 is 5.27. The minimum atomic E-state index is -0.00914. The summed E-state index contributed by atoms with van der Waals surface area (Å²) in [7, 11) is 2.11. The fourth-order valence-electron chi connectivity index (χ4n) is 1.65. The van der Waals surface area contributed by atoms with E-state index in [-0.39, 0.29) is 12.0 Å². The molecule has 0 atom stereocenters. The van der Waals surface area contributed by atoms with Crippen LogP contribution in [0.3, 0.4) is 0 Å². The first kappa shape index (κ1) is 14.2. The number of nitrogens with zero attached hydrogens (tertiary/aromatic N) is 1. The summed E-state index contributed by atoms with van der Waals surface area (Å²) in [4.78, 5) is 3.68. The van der Waals surface area contributed by atoms with Crippen molar-refractivity contribution in [2.24, 2.45) is 5.41 Å². The molecule has 0 fully saturated rings. The van der Waals surface area contributed by atoms with E-state index < -0.39 is 0 Å². The van der Waals surface area contributed by atoms with E-state index in [1.165, 1.54) is 8.66 Å². The van der Waals surface area contributed by atoms with Crippen LogP contribution >= 0.6 is 27.3 Å². The summed E-state index contributed by atoms with van der Waals surface area (Å²) < 4.78 is 1.20. The quantitative estimate of drug-likeness (QED) is 0.873. The molecule has 0 amide bonds. The Labute approximate surface area is 110 Å². The largest absolute Gasteiger partial charge is 0.396 e. The molecule has 0 unspecified atom stereocenters. The smallest absolute Gasteiger partial charge is 0.0701 e. The molecule has 16 heavy (non-hydrogen) atoms. The van der Waals surface area contributed by atoms with Gasteiger partial charge in [0, 0.05) is 30.0 Å². The lowest BCUT2D eigenvalue weighted by Crippen LogP contribution is -2.34. The Morgan fingerprint density at radius 3 is 2.62 bits per heavy atom. The van der Waals surface area contributed by atoms with E-state index >= 15 is 0 Å². The van der Waals surface area contributed by atoms with Gasteiger partial charge in [0.25, 0.3) is 0 Å². The SMILES string of the molecule is CN(CCc1ccc(Br)s1)CC(C)(C)CO. The monoisotopic (exact) mass is 305 g/mol. The van der Waals surface area contributed by atoms with Crippen LogP contribution in [0.1, 0.15) is 18.7 Å². The molecule has 0 spiro atoms. The molecule has 0 saturated heterocycles. The third kappa shape index (κ3) is 4.95. The van der Waals surface area contributed by atoms with Gasteiger partial charge in [0.2, 0.25) is 0 Å². The van der Waals surface area contributed by atoms with Crippen LogP contribution in [-0.2, 0) is 6.42 Å². The Morgan fingerprint density at radius 1 is 1.44 bits per heavy atom. The topological polar surface area (TPSA) is 23.5 Å². The lowest BCUT2D eigenvalue weighted by molar-refractivity contribution is 0.116. The van der Waals surface area contributed by atoms with Crippen molar-refractivity contribution in [1.82, 2.24) is 4.90 Å². The molecule has 1 heterocycles. The maximum atomic E-state index is 9.20. The minimum absolute atomic E-state index is 0.00914. The van der Waals surface area contributed by atoms with Crippen molar-refractivity contribution in [3.63, 3.8) is 0 Å². The van der Waals surface area contributed by atoms with Crippen LogP contribution in [-0.4, -0.2) is 36.8 Å². The van der Waals surface area contributed by atoms with Gasteiger partial charge in [0.15, 0.2) is 0 Å². The fourth-order valence-corrected chi connectivity index (χ4v) is 3.12. The first-order valence-electron chi connectivity index (χ1n) is 5.46. The van der Waals surface area contributed by atoms with Crippen LogP contribution in [0.25, 0.3) is 0 Å². The number of halogens is 1. The molecule has 1 aromatic heterocycles. The third-order valence-corrected chi connectivity index (χ3v) is 4.18. The molecule has 2 nitrogen and oxygen atoms in total. The highest BCUT2D eigenvalue weighted by atomic mass is 79.9. The van der Waals surface area contributed by atoms with Gasteiger partial charge in [-0.3, -0.25) is 0 Å². The third-order valence-electron chi connectivity index (χ3n) is 2.49. The zero-order valence-corrected chi connectivity index (χ0v) is 12.6. The standard InChI is InChI=1S/C12H20BrNOS/c1-12(2,9-15)8-14(3)7-6-10-4-5-11(13)16-10/h4-5,15H,6-9H2,1-3H3. The molecule has 0 saturated carbocycles. The Morgan fingerprint density at radius 2 is 2.12 bits per heavy atom. The number of hydrogen-bond donors (Lipinski definition) is 1. The molecule has 4 heteroatoms. The van der Waals surface area contributed by atoms with E-state index in [9.17, 15) is 5.11 Å². The van der Waals surface area contributed by atoms with E-state index in [4.69, 9.17) is 0 Å². The molecule has 1 rings (SSSR count). The minimum Gasteiger partial charge on any atom is -0.396 e. The van der Waals surface area contributed by atoms with Crippen LogP contribution in [0.2, 0.25) is 0 Å². The van der Waals surface area contributed by atoms with E-state index in [0.717, 1.165) is 19.5 Å². The Balaban J connectivity index is 2.33. The predicted molar refractivity (Wildman–Crippen MR) is 74.1 cm³/mol. The zero-order chi connectivity index (χ0) is 12.2. The maximum Gasteiger partial charge on any atom is 0.0701 e. The summed E-state index contributed by atoms with van der Waals surface area (Å²) in [6.45, 7) is 6.38. The second kappa shape index (κ2) is 6.15. The van der Waals surface area contributed by atoms with Gasteiger partial charge in [-0.05, 0) is 41.5 Å². The normalized spacial score (nSPS) is 12.4. The second-order valence-electron chi connectivity index (χ2n) is 5.02. The predicted octanol–water partition coefficient (Wildman–Crippen LogP) is 3.00. The van der Waals surface area contributed by atoms with Crippen LogP contribution in [0.15, 0.2) is 15.9 Å². The van der Waals surface area contributed by atoms with Crippen LogP contribution < -0.4 is 0 Å². The summed E-state index contributed by atoms with van der Waals surface area (Å²) in [6.07, 6.45) is 1.08. The van der Waals surface area contributed by atoms with E-state index in [1.54, 1.807) is 11.3 Å². The van der Waals surface area contributed by atoms with Crippen LogP contribution in [0.4, 0.5) is 0 Å². The molecular formula is C12H20BrNOS. The van der Waals surface area contributed by atoms with Gasteiger partial charge in [-0.1, -0.05) is 13.8 Å². The van der Waals surface area contributed by atoms with E-state index in [2.05, 4.69) is 53.9 Å². The molecule has 1 aromatic rings. The summed E-state index contributed by atoms with van der Waals surface area (Å²) in [5, 5.41) is 9.20. The van der Waals surface area contributed by atoms with Gasteiger partial charge < -0.3 is 10.0 Å². The van der Waals surface area contributed by atoms with Gasteiger partial charge >= 0.3 is 0 Å². The summed E-state index contributed by atoms with van der Waals surface area (Å²) in [5.74, 6) is 0.